The van der Waals surface area contributed by atoms with Crippen LogP contribution in [0.15, 0.2) is 54.6 Å². The van der Waals surface area contributed by atoms with Crippen molar-refractivity contribution < 1.29 is 4.79 Å². The van der Waals surface area contributed by atoms with Crippen LogP contribution in [0, 0.1) is 17.8 Å². The Labute approximate surface area is 198 Å². The summed E-state index contributed by atoms with van der Waals surface area (Å²) in [5.74, 6) is 1.67. The molecule has 1 amide bonds. The number of carbonyl (C=O) groups is 1. The zero-order chi connectivity index (χ0) is 23.7. The van der Waals surface area contributed by atoms with Crippen LogP contribution in [0.5, 0.6) is 0 Å². The summed E-state index contributed by atoms with van der Waals surface area (Å²) in [5, 5.41) is 6.08. The molecule has 2 aromatic carbocycles. The Morgan fingerprint density at radius 1 is 0.844 bits per heavy atom. The maximum absolute atomic E-state index is 12.9. The van der Waals surface area contributed by atoms with Crippen molar-refractivity contribution in [2.75, 3.05) is 6.16 Å². The number of nitrogens with one attached hydrogen (secondary N) is 1. The highest BCUT2D eigenvalue weighted by atomic mass is 31.1. The fourth-order valence-electron chi connectivity index (χ4n) is 4.52. The number of hydrogen-bond donors (Lipinski definition) is 1. The second-order valence-corrected chi connectivity index (χ2v) is 12.5. The molecular weight excluding hydrogens is 409 g/mol. The maximum Gasteiger partial charge on any atom is 0.223 e. The Kier molecular flexibility index (Phi) is 10.9. The van der Waals surface area contributed by atoms with Gasteiger partial charge in [0.25, 0.3) is 0 Å². The second-order valence-electron chi connectivity index (χ2n) is 10.2. The number of benzene rings is 2. The molecule has 0 saturated heterocycles. The molecule has 0 fully saturated rings. The zero-order valence-corrected chi connectivity index (χ0v) is 22.2. The molecule has 0 radical (unpaired) electrons. The van der Waals surface area contributed by atoms with Crippen molar-refractivity contribution in [1.82, 2.24) is 5.32 Å². The Morgan fingerprint density at radius 3 is 1.94 bits per heavy atom. The number of rotatable bonds is 12. The van der Waals surface area contributed by atoms with E-state index < -0.39 is 0 Å². The van der Waals surface area contributed by atoms with Crippen LogP contribution < -0.4 is 15.9 Å². The molecule has 0 aliphatic carbocycles. The largest absolute Gasteiger partial charge is 0.354 e. The summed E-state index contributed by atoms with van der Waals surface area (Å²) in [6.45, 7) is 15.4. The molecule has 0 bridgehead atoms. The van der Waals surface area contributed by atoms with E-state index in [4.69, 9.17) is 0 Å². The molecule has 0 aliphatic rings. The third-order valence-corrected chi connectivity index (χ3v) is 8.79. The fraction of sp³-hybridized carbons (Fsp3) is 0.552. The molecule has 0 aromatic heterocycles. The number of amides is 1. The topological polar surface area (TPSA) is 29.1 Å². The van der Waals surface area contributed by atoms with Gasteiger partial charge in [0.15, 0.2) is 0 Å². The van der Waals surface area contributed by atoms with E-state index in [1.54, 1.807) is 0 Å². The van der Waals surface area contributed by atoms with Crippen LogP contribution in [-0.4, -0.2) is 18.1 Å². The van der Waals surface area contributed by atoms with Gasteiger partial charge in [-0.2, -0.15) is 0 Å². The van der Waals surface area contributed by atoms with Gasteiger partial charge in [0.2, 0.25) is 5.91 Å². The van der Waals surface area contributed by atoms with E-state index in [0.717, 1.165) is 12.8 Å². The molecule has 0 saturated carbocycles. The first-order valence-electron chi connectivity index (χ1n) is 12.5. The van der Waals surface area contributed by atoms with Crippen molar-refractivity contribution in [1.29, 1.82) is 0 Å². The van der Waals surface area contributed by atoms with Crippen molar-refractivity contribution in [2.24, 2.45) is 17.8 Å². The van der Waals surface area contributed by atoms with Gasteiger partial charge in [-0.05, 0) is 74.7 Å². The fourth-order valence-corrected chi connectivity index (χ4v) is 6.82. The van der Waals surface area contributed by atoms with Crippen LogP contribution in [0.3, 0.4) is 0 Å². The van der Waals surface area contributed by atoms with Gasteiger partial charge in [-0.3, -0.25) is 4.79 Å². The summed E-state index contributed by atoms with van der Waals surface area (Å²) in [5.41, 5.74) is 1.37. The molecule has 2 nitrogen and oxygen atoms in total. The summed E-state index contributed by atoms with van der Waals surface area (Å²) in [4.78, 5) is 12.9. The Hall–Kier alpha value is -1.66. The molecule has 32 heavy (non-hydrogen) atoms. The van der Waals surface area contributed by atoms with E-state index in [1.165, 1.54) is 28.8 Å². The third-order valence-electron chi connectivity index (χ3n) is 6.05. The van der Waals surface area contributed by atoms with Gasteiger partial charge in [-0.1, -0.05) is 95.6 Å². The standard InChI is InChI=1S/C29H44NOP/c1-8-18-32(26-12-10-9-11-13-26)27-16-14-24(15-17-27)28(22(4)5)20-25(19-21(2)3)29(31)30-23(6)7/h9-17,21-23,25,28H,8,18-20H2,1-7H3,(H,30,31). The molecule has 0 heterocycles. The first kappa shape index (κ1) is 26.6. The molecule has 176 valence electrons. The van der Waals surface area contributed by atoms with Gasteiger partial charge in [-0.15, -0.1) is 0 Å². The number of carbonyl (C=O) groups excluding carboxylic acids is 1. The van der Waals surface area contributed by atoms with Crippen LogP contribution in [0.1, 0.15) is 79.2 Å². The molecule has 3 unspecified atom stereocenters. The first-order chi connectivity index (χ1) is 15.2. The van der Waals surface area contributed by atoms with Gasteiger partial charge in [0, 0.05) is 12.0 Å². The molecule has 2 aromatic rings. The average molecular weight is 454 g/mol. The van der Waals surface area contributed by atoms with Crippen molar-refractivity contribution in [3.05, 3.63) is 60.2 Å². The predicted molar refractivity (Wildman–Crippen MR) is 143 cm³/mol. The highest BCUT2D eigenvalue weighted by Crippen LogP contribution is 2.37. The average Bonchev–Trinajstić information content (AvgIpc) is 2.75. The molecule has 0 aliphatic heterocycles. The van der Waals surface area contributed by atoms with E-state index in [9.17, 15) is 4.79 Å². The summed E-state index contributed by atoms with van der Waals surface area (Å²) >= 11 is 0. The second kappa shape index (κ2) is 13.1. The molecule has 1 N–H and O–H groups in total. The van der Waals surface area contributed by atoms with E-state index >= 15 is 0 Å². The van der Waals surface area contributed by atoms with Crippen LogP contribution in [0.25, 0.3) is 0 Å². The quantitative estimate of drug-likeness (QED) is 0.350. The smallest absolute Gasteiger partial charge is 0.223 e. The lowest BCUT2D eigenvalue weighted by molar-refractivity contribution is -0.126. The molecule has 2 rings (SSSR count). The Morgan fingerprint density at radius 2 is 1.44 bits per heavy atom. The third kappa shape index (κ3) is 8.04. The number of hydrogen-bond acceptors (Lipinski definition) is 1. The zero-order valence-electron chi connectivity index (χ0n) is 21.3. The minimum atomic E-state index is -0.311. The normalized spacial score (nSPS) is 14.6. The lowest BCUT2D eigenvalue weighted by Gasteiger charge is -2.28. The van der Waals surface area contributed by atoms with Gasteiger partial charge < -0.3 is 5.32 Å². The van der Waals surface area contributed by atoms with E-state index in [0.29, 0.717) is 17.8 Å². The Balaban J connectivity index is 2.26. The predicted octanol–water partition coefficient (Wildman–Crippen LogP) is 6.85. The lowest BCUT2D eigenvalue weighted by atomic mass is 9.78. The molecule has 3 heteroatoms. The first-order valence-corrected chi connectivity index (χ1v) is 14.0. The highest BCUT2D eigenvalue weighted by Gasteiger charge is 2.27. The van der Waals surface area contributed by atoms with Gasteiger partial charge in [-0.25, -0.2) is 0 Å². The molecule has 0 spiro atoms. The van der Waals surface area contributed by atoms with Crippen LogP contribution in [0.2, 0.25) is 0 Å². The van der Waals surface area contributed by atoms with Crippen molar-refractivity contribution in [3.8, 4) is 0 Å². The minimum Gasteiger partial charge on any atom is -0.354 e. The summed E-state index contributed by atoms with van der Waals surface area (Å²) < 4.78 is 0. The monoisotopic (exact) mass is 453 g/mol. The van der Waals surface area contributed by atoms with Gasteiger partial charge in [0.1, 0.15) is 0 Å². The SMILES string of the molecule is CCCP(c1ccccc1)c1ccc(C(CC(CC(C)C)C(=O)NC(C)C)C(C)C)cc1. The van der Waals surface area contributed by atoms with Crippen molar-refractivity contribution in [3.63, 3.8) is 0 Å². The van der Waals surface area contributed by atoms with Crippen molar-refractivity contribution >= 4 is 24.4 Å². The highest BCUT2D eigenvalue weighted by molar-refractivity contribution is 7.73. The van der Waals surface area contributed by atoms with Crippen LogP contribution in [0.4, 0.5) is 0 Å². The van der Waals surface area contributed by atoms with Crippen LogP contribution in [-0.2, 0) is 4.79 Å². The summed E-state index contributed by atoms with van der Waals surface area (Å²) in [7, 11) is -0.311. The summed E-state index contributed by atoms with van der Waals surface area (Å²) in [6.07, 6.45) is 4.27. The Bertz CT molecular complexity index is 798. The lowest BCUT2D eigenvalue weighted by Crippen LogP contribution is -2.37. The maximum atomic E-state index is 12.9. The van der Waals surface area contributed by atoms with Crippen LogP contribution >= 0.6 is 7.92 Å². The van der Waals surface area contributed by atoms with E-state index in [-0.39, 0.29) is 25.8 Å². The molecular formula is C29H44NOP. The van der Waals surface area contributed by atoms with Crippen molar-refractivity contribution in [2.45, 2.75) is 79.7 Å². The summed E-state index contributed by atoms with van der Waals surface area (Å²) in [6, 6.07) is 20.5. The van der Waals surface area contributed by atoms with E-state index in [2.05, 4.69) is 94.5 Å². The van der Waals surface area contributed by atoms with E-state index in [1.807, 2.05) is 13.8 Å². The molecule has 3 atom stereocenters. The van der Waals surface area contributed by atoms with Gasteiger partial charge >= 0.3 is 0 Å². The van der Waals surface area contributed by atoms with Gasteiger partial charge in [0.05, 0.1) is 0 Å². The minimum absolute atomic E-state index is 0.0611.